The van der Waals surface area contributed by atoms with E-state index in [1.807, 2.05) is 0 Å². The molecular weight excluding hydrogens is 435 g/mol. The molecule has 2 N–H and O–H groups in total. The Balaban J connectivity index is 2.16. The van der Waals surface area contributed by atoms with E-state index >= 15 is 0 Å². The molecule has 162 valence electrons. The van der Waals surface area contributed by atoms with E-state index in [1.165, 1.54) is 0 Å². The van der Waals surface area contributed by atoms with Crippen molar-refractivity contribution >= 4 is 23.2 Å². The second kappa shape index (κ2) is 8.56. The lowest BCUT2D eigenvalue weighted by Gasteiger charge is -2.21. The van der Waals surface area contributed by atoms with Gasteiger partial charge >= 0.3 is 6.18 Å². The maximum absolute atomic E-state index is 14.8. The maximum Gasteiger partial charge on any atom is 0.408 e. The molecule has 3 aromatic rings. The van der Waals surface area contributed by atoms with Gasteiger partial charge in [0.15, 0.2) is 0 Å². The molecule has 1 atom stereocenters. The highest BCUT2D eigenvalue weighted by atomic mass is 35.5. The fourth-order valence-electron chi connectivity index (χ4n) is 2.60. The number of rotatable bonds is 7. The quantitative estimate of drug-likeness (QED) is 0.325. The van der Waals surface area contributed by atoms with Crippen molar-refractivity contribution in [2.75, 3.05) is 25.5 Å². The highest BCUT2D eigenvalue weighted by Crippen LogP contribution is 2.39. The third-order valence-electron chi connectivity index (χ3n) is 4.11. The number of nitrogens with one attached hydrogen (secondary N) is 2. The normalized spacial score (nSPS) is 12.9. The van der Waals surface area contributed by atoms with Crippen molar-refractivity contribution in [3.63, 3.8) is 0 Å². The van der Waals surface area contributed by atoms with Crippen LogP contribution < -0.4 is 15.4 Å². The molecule has 0 saturated carbocycles. The van der Waals surface area contributed by atoms with Crippen LogP contribution in [0.4, 0.5) is 27.8 Å². The summed E-state index contributed by atoms with van der Waals surface area (Å²) >= 11 is 6.10. The molecule has 2 aromatic heterocycles. The van der Waals surface area contributed by atoms with Gasteiger partial charge in [0.1, 0.15) is 47.3 Å². The van der Waals surface area contributed by atoms with Crippen LogP contribution in [0.25, 0.3) is 16.9 Å². The Hall–Kier alpha value is -2.73. The lowest BCUT2D eigenvalue weighted by Crippen LogP contribution is -2.34. The summed E-state index contributed by atoms with van der Waals surface area (Å²) in [7, 11) is 1.68. The van der Waals surface area contributed by atoms with Crippen LogP contribution in [0.2, 0.25) is 5.15 Å². The van der Waals surface area contributed by atoms with Crippen molar-refractivity contribution in [2.45, 2.75) is 19.1 Å². The molecule has 0 radical (unpaired) electrons. The number of fused-ring (bicyclic) bond motifs is 1. The Kier molecular flexibility index (Phi) is 6.27. The molecule has 0 bridgehead atoms. The summed E-state index contributed by atoms with van der Waals surface area (Å²) in [6.07, 6.45) is -3.63. The molecule has 0 aliphatic heterocycles. The predicted octanol–water partition coefficient (Wildman–Crippen LogP) is 3.68. The number of ether oxygens (including phenoxy) is 1. The number of aromatic nitrogens is 4. The van der Waals surface area contributed by atoms with Crippen LogP contribution in [0.5, 0.6) is 5.75 Å². The topological polar surface area (TPSA) is 76.4 Å². The average Bonchev–Trinajstić information content (AvgIpc) is 3.10. The Bertz CT molecular complexity index is 1030. The van der Waals surface area contributed by atoms with Crippen LogP contribution in [-0.4, -0.2) is 52.0 Å². The van der Waals surface area contributed by atoms with Crippen LogP contribution in [0, 0.1) is 11.6 Å². The molecule has 0 saturated heterocycles. The van der Waals surface area contributed by atoms with Gasteiger partial charge in [-0.3, -0.25) is 0 Å². The van der Waals surface area contributed by atoms with Crippen molar-refractivity contribution < 1.29 is 26.7 Å². The summed E-state index contributed by atoms with van der Waals surface area (Å²) in [5.74, 6) is -2.84. The molecule has 0 aliphatic carbocycles. The van der Waals surface area contributed by atoms with Gasteiger partial charge in [-0.1, -0.05) is 11.6 Å². The number of hydrogen-bond donors (Lipinski definition) is 2. The lowest BCUT2D eigenvalue weighted by molar-refractivity contribution is -0.138. The monoisotopic (exact) mass is 450 g/mol. The minimum Gasteiger partial charge on any atom is -0.492 e. The first-order valence-electron chi connectivity index (χ1n) is 8.62. The number of nitrogens with zero attached hydrogens (tertiary/aromatic N) is 4. The zero-order valence-corrected chi connectivity index (χ0v) is 16.4. The van der Waals surface area contributed by atoms with E-state index in [-0.39, 0.29) is 18.1 Å². The highest BCUT2D eigenvalue weighted by Gasteiger charge is 2.37. The van der Waals surface area contributed by atoms with Gasteiger partial charge in [0, 0.05) is 18.7 Å². The van der Waals surface area contributed by atoms with Gasteiger partial charge in [-0.15, -0.1) is 0 Å². The van der Waals surface area contributed by atoms with Crippen LogP contribution in [-0.2, 0) is 0 Å². The average molecular weight is 451 g/mol. The fourth-order valence-corrected chi connectivity index (χ4v) is 2.86. The van der Waals surface area contributed by atoms with Crippen molar-refractivity contribution in [3.05, 3.63) is 35.2 Å². The number of hydrogen-bond acceptors (Lipinski definition) is 6. The number of benzene rings is 1. The Morgan fingerprint density at radius 1 is 1.20 bits per heavy atom. The van der Waals surface area contributed by atoms with Gasteiger partial charge < -0.3 is 15.4 Å². The summed E-state index contributed by atoms with van der Waals surface area (Å²) < 4.78 is 75.2. The summed E-state index contributed by atoms with van der Waals surface area (Å²) in [6.45, 7) is 1.43. The van der Waals surface area contributed by atoms with Gasteiger partial charge in [-0.2, -0.15) is 32.8 Å². The first kappa shape index (κ1) is 22.0. The van der Waals surface area contributed by atoms with E-state index in [2.05, 4.69) is 25.7 Å². The van der Waals surface area contributed by atoms with Gasteiger partial charge in [-0.05, 0) is 14.0 Å². The van der Waals surface area contributed by atoms with Crippen molar-refractivity contribution in [3.8, 4) is 16.9 Å². The molecule has 0 spiro atoms. The van der Waals surface area contributed by atoms with E-state index in [9.17, 15) is 22.0 Å². The SMILES string of the molecule is CNCCOc1cc(F)c(-c2c(Cl)nc3ncnn3c2N[C@@H](C)C(F)(F)F)c(F)c1. The number of alkyl halides is 3. The summed E-state index contributed by atoms with van der Waals surface area (Å²) in [6, 6.07) is -0.266. The Morgan fingerprint density at radius 3 is 2.47 bits per heavy atom. The number of likely N-dealkylation sites (N-methyl/N-ethyl adjacent to an activating group) is 1. The molecule has 3 rings (SSSR count). The second-order valence-corrected chi connectivity index (χ2v) is 6.58. The highest BCUT2D eigenvalue weighted by molar-refractivity contribution is 6.33. The van der Waals surface area contributed by atoms with Crippen LogP contribution in [0.1, 0.15) is 6.92 Å². The molecular formula is C17H16ClF5N6O. The molecule has 7 nitrogen and oxygen atoms in total. The standard InChI is InChI=1S/C17H16ClF5N6O/c1-8(17(21,22)23)27-15-13(14(18)28-16-25-7-26-29(15)16)12-10(19)5-9(6-11(12)20)30-4-3-24-2/h5-8,24,27H,3-4H2,1-2H3/t8-/m0/s1. The lowest BCUT2D eigenvalue weighted by atomic mass is 10.1. The van der Waals surface area contributed by atoms with E-state index in [1.54, 1.807) is 7.05 Å². The van der Waals surface area contributed by atoms with E-state index < -0.39 is 46.0 Å². The molecule has 30 heavy (non-hydrogen) atoms. The summed E-state index contributed by atoms with van der Waals surface area (Å²) in [5.41, 5.74) is -1.11. The third kappa shape index (κ3) is 4.38. The zero-order valence-electron chi connectivity index (χ0n) is 15.7. The molecule has 0 fully saturated rings. The Labute approximate surface area is 172 Å². The van der Waals surface area contributed by atoms with Crippen LogP contribution in [0.15, 0.2) is 18.5 Å². The second-order valence-electron chi connectivity index (χ2n) is 6.22. The van der Waals surface area contributed by atoms with Crippen LogP contribution in [0.3, 0.4) is 0 Å². The van der Waals surface area contributed by atoms with E-state index in [0.717, 1.165) is 29.9 Å². The molecule has 2 heterocycles. The largest absolute Gasteiger partial charge is 0.492 e. The van der Waals surface area contributed by atoms with Crippen molar-refractivity contribution in [1.29, 1.82) is 0 Å². The zero-order chi connectivity index (χ0) is 22.1. The van der Waals surface area contributed by atoms with E-state index in [0.29, 0.717) is 6.54 Å². The minimum absolute atomic E-state index is 0.0897. The van der Waals surface area contributed by atoms with Crippen LogP contribution >= 0.6 is 11.6 Å². The van der Waals surface area contributed by atoms with Gasteiger partial charge in [0.05, 0.1) is 11.1 Å². The summed E-state index contributed by atoms with van der Waals surface area (Å²) in [5, 5.41) is 8.31. The maximum atomic E-state index is 14.8. The van der Waals surface area contributed by atoms with Gasteiger partial charge in [-0.25, -0.2) is 8.78 Å². The smallest absolute Gasteiger partial charge is 0.408 e. The Morgan fingerprint density at radius 2 is 1.87 bits per heavy atom. The van der Waals surface area contributed by atoms with Crippen molar-refractivity contribution in [2.24, 2.45) is 0 Å². The minimum atomic E-state index is -4.65. The molecule has 0 unspecified atom stereocenters. The number of halogens is 6. The number of anilines is 1. The fraction of sp³-hybridized carbons (Fsp3) is 0.353. The predicted molar refractivity (Wildman–Crippen MR) is 99.7 cm³/mol. The molecule has 13 heteroatoms. The van der Waals surface area contributed by atoms with Gasteiger partial charge in [0.2, 0.25) is 0 Å². The van der Waals surface area contributed by atoms with E-state index in [4.69, 9.17) is 16.3 Å². The van der Waals surface area contributed by atoms with Gasteiger partial charge in [0.25, 0.3) is 5.78 Å². The van der Waals surface area contributed by atoms with Crippen molar-refractivity contribution in [1.82, 2.24) is 24.9 Å². The molecule has 1 aromatic carbocycles. The first-order chi connectivity index (χ1) is 14.1. The molecule has 0 aliphatic rings. The third-order valence-corrected chi connectivity index (χ3v) is 4.39. The molecule has 0 amide bonds. The summed E-state index contributed by atoms with van der Waals surface area (Å²) in [4.78, 5) is 7.63. The first-order valence-corrected chi connectivity index (χ1v) is 9.00.